The van der Waals surface area contributed by atoms with Crippen LogP contribution in [0.1, 0.15) is 202 Å². The summed E-state index contributed by atoms with van der Waals surface area (Å²) in [4.78, 5) is 14.4. The molecule has 0 aliphatic heterocycles. The minimum absolute atomic E-state index is 0.0985. The van der Waals surface area contributed by atoms with Gasteiger partial charge >= 0.3 is 0 Å². The highest BCUT2D eigenvalue weighted by Gasteiger charge is 2.42. The first kappa shape index (κ1) is 51.3. The van der Waals surface area contributed by atoms with Gasteiger partial charge < -0.3 is 0 Å². The Morgan fingerprint density at radius 3 is 1.28 bits per heavy atom. The smallest absolute Gasteiger partial charge is 0.0484 e. The van der Waals surface area contributed by atoms with Crippen molar-refractivity contribution in [1.82, 2.24) is 0 Å². The highest BCUT2D eigenvalue weighted by atomic mass is 32.1. The molecule has 1 aliphatic carbocycles. The van der Waals surface area contributed by atoms with Crippen LogP contribution < -0.4 is 0 Å². The molecule has 7 aromatic rings. The van der Waals surface area contributed by atoms with Crippen LogP contribution in [0.3, 0.4) is 0 Å². The third-order valence-corrected chi connectivity index (χ3v) is 21.2. The van der Waals surface area contributed by atoms with Gasteiger partial charge in [-0.2, -0.15) is 0 Å². The molecule has 2 aromatic carbocycles. The van der Waals surface area contributed by atoms with E-state index in [2.05, 4.69) is 138 Å². The van der Waals surface area contributed by atoms with Crippen molar-refractivity contribution in [2.75, 3.05) is 0 Å². The maximum Gasteiger partial charge on any atom is 0.0484 e. The summed E-state index contributed by atoms with van der Waals surface area (Å²) in [6, 6.07) is 34.1. The molecule has 0 unspecified atom stereocenters. The van der Waals surface area contributed by atoms with Crippen LogP contribution >= 0.6 is 56.7 Å². The Kier molecular flexibility index (Phi) is 19.1. The Hall–Kier alpha value is -3.06. The van der Waals surface area contributed by atoms with Crippen LogP contribution in [-0.4, -0.2) is 0 Å². The predicted octanol–water partition coefficient (Wildman–Crippen LogP) is 23.0. The molecular formula is C63H80S5. The van der Waals surface area contributed by atoms with Crippen LogP contribution in [0, 0.1) is 13.8 Å². The zero-order valence-corrected chi connectivity index (χ0v) is 46.7. The summed E-state index contributed by atoms with van der Waals surface area (Å²) >= 11 is 10.1. The Morgan fingerprint density at radius 2 is 0.765 bits per heavy atom. The SMILES string of the molecule is CCCCCCCCC1(CCCCCCCC)c2cc(C)ccc2-c2ccc(-c3ccc(-c4ccc(-c5sc(-c6ccc(-c7ccc(C)s7)s6)c(CCCCCC)c5CCCCCC)s4)s3)cc21. The van der Waals surface area contributed by atoms with E-state index < -0.39 is 0 Å². The molecule has 1 aliphatic rings. The van der Waals surface area contributed by atoms with E-state index in [0.29, 0.717) is 0 Å². The van der Waals surface area contributed by atoms with Crippen LogP contribution in [0.5, 0.6) is 0 Å². The number of rotatable bonds is 29. The van der Waals surface area contributed by atoms with Gasteiger partial charge in [0.2, 0.25) is 0 Å². The van der Waals surface area contributed by atoms with Crippen molar-refractivity contribution in [3.63, 3.8) is 0 Å². The van der Waals surface area contributed by atoms with Gasteiger partial charge in [0.05, 0.1) is 0 Å². The zero-order chi connectivity index (χ0) is 47.3. The first-order chi connectivity index (χ1) is 33.4. The molecule has 0 nitrogen and oxygen atoms in total. The van der Waals surface area contributed by atoms with Gasteiger partial charge in [0, 0.05) is 54.2 Å². The number of fused-ring (bicyclic) bond motifs is 3. The number of hydrogen-bond donors (Lipinski definition) is 0. The zero-order valence-electron chi connectivity index (χ0n) is 42.6. The molecular weight excluding hydrogens is 917 g/mol. The van der Waals surface area contributed by atoms with Crippen molar-refractivity contribution in [3.05, 3.63) is 118 Å². The third kappa shape index (κ3) is 12.2. The average molecular weight is 998 g/mol. The van der Waals surface area contributed by atoms with Gasteiger partial charge in [0.1, 0.15) is 0 Å². The number of thiophene rings is 5. The van der Waals surface area contributed by atoms with E-state index in [1.165, 1.54) is 225 Å². The number of aryl methyl sites for hydroxylation is 2. The molecule has 0 saturated carbocycles. The largest absolute Gasteiger partial charge is 0.140 e. The Bertz CT molecular complexity index is 2620. The minimum atomic E-state index is 0.0985. The van der Waals surface area contributed by atoms with Gasteiger partial charge in [-0.15, -0.1) is 56.7 Å². The molecule has 0 spiro atoms. The molecule has 5 aromatic heterocycles. The van der Waals surface area contributed by atoms with E-state index in [0.717, 1.165) is 0 Å². The molecule has 5 heteroatoms. The summed E-state index contributed by atoms with van der Waals surface area (Å²) in [5, 5.41) is 0. The summed E-state index contributed by atoms with van der Waals surface area (Å²) < 4.78 is 0. The fraction of sp³-hybridized carbons (Fsp3) is 0.492. The topological polar surface area (TPSA) is 0 Å². The molecule has 0 radical (unpaired) electrons. The molecule has 362 valence electrons. The fourth-order valence-electron chi connectivity index (χ4n) is 11.1. The van der Waals surface area contributed by atoms with Gasteiger partial charge in [0.15, 0.2) is 0 Å². The number of benzene rings is 2. The van der Waals surface area contributed by atoms with Crippen LogP contribution in [0.2, 0.25) is 0 Å². The second-order valence-corrected chi connectivity index (χ2v) is 25.7. The van der Waals surface area contributed by atoms with Crippen molar-refractivity contribution < 1.29 is 0 Å². The molecule has 0 atom stereocenters. The summed E-state index contributed by atoms with van der Waals surface area (Å²) in [6.45, 7) is 13.9. The number of hydrogen-bond acceptors (Lipinski definition) is 5. The summed E-state index contributed by atoms with van der Waals surface area (Å²) in [7, 11) is 0. The molecule has 0 amide bonds. The lowest BCUT2D eigenvalue weighted by Crippen LogP contribution is -2.25. The third-order valence-electron chi connectivity index (χ3n) is 14.9. The molecule has 5 heterocycles. The standard InChI is InChI=1S/C63H80S5/c1-7-11-15-19-21-25-41-63(42-26-22-20-16-12-8-2)52-43-45(5)29-32-48(52)49-33-31-47(44-53(49)63)54-35-36-57(65-54)58-38-40-60(67-58)62-51(28-24-18-14-10-4)50(27-23-17-13-9-3)61(68-62)59-39-37-56(66-59)55-34-30-46(6)64-55/h29-40,43-44H,7-28,41-42H2,1-6H3. The molecule has 0 bridgehead atoms. The van der Waals surface area contributed by atoms with Gasteiger partial charge in [-0.05, 0) is 146 Å². The van der Waals surface area contributed by atoms with E-state index in [4.69, 9.17) is 0 Å². The van der Waals surface area contributed by atoms with Crippen LogP contribution in [0.25, 0.3) is 60.6 Å². The average Bonchev–Trinajstić information content (AvgIpc) is 4.22. The molecule has 0 N–H and O–H groups in total. The fourth-order valence-corrected chi connectivity index (χ4v) is 16.8. The second kappa shape index (κ2) is 25.4. The van der Waals surface area contributed by atoms with E-state index in [-0.39, 0.29) is 5.41 Å². The second-order valence-electron chi connectivity index (χ2n) is 20.2. The van der Waals surface area contributed by atoms with E-state index in [9.17, 15) is 0 Å². The minimum Gasteiger partial charge on any atom is -0.140 e. The first-order valence-electron chi connectivity index (χ1n) is 27.2. The monoisotopic (exact) mass is 996 g/mol. The van der Waals surface area contributed by atoms with Gasteiger partial charge in [-0.1, -0.05) is 179 Å². The number of unbranched alkanes of at least 4 members (excludes halogenated alkanes) is 16. The van der Waals surface area contributed by atoms with Crippen molar-refractivity contribution in [3.8, 4) is 60.6 Å². The normalized spacial score (nSPS) is 12.9. The lowest BCUT2D eigenvalue weighted by atomic mass is 9.70. The lowest BCUT2D eigenvalue weighted by Gasteiger charge is -2.33. The maximum absolute atomic E-state index is 2.66. The molecule has 0 saturated heterocycles. The maximum atomic E-state index is 2.66. The highest BCUT2D eigenvalue weighted by molar-refractivity contribution is 7.30. The van der Waals surface area contributed by atoms with Crippen LogP contribution in [0.4, 0.5) is 0 Å². The van der Waals surface area contributed by atoms with Gasteiger partial charge in [-0.3, -0.25) is 0 Å². The summed E-state index contributed by atoms with van der Waals surface area (Å²) in [5.74, 6) is 0. The van der Waals surface area contributed by atoms with E-state index in [1.807, 2.05) is 45.3 Å². The van der Waals surface area contributed by atoms with Crippen molar-refractivity contribution in [2.45, 2.75) is 201 Å². The van der Waals surface area contributed by atoms with E-state index in [1.54, 1.807) is 22.3 Å². The van der Waals surface area contributed by atoms with Gasteiger partial charge in [0.25, 0.3) is 0 Å². The van der Waals surface area contributed by atoms with Crippen molar-refractivity contribution in [1.29, 1.82) is 0 Å². The summed E-state index contributed by atoms with van der Waals surface area (Å²) in [6.07, 6.45) is 31.5. The van der Waals surface area contributed by atoms with Gasteiger partial charge in [-0.25, -0.2) is 0 Å². The predicted molar refractivity (Wildman–Crippen MR) is 310 cm³/mol. The van der Waals surface area contributed by atoms with Crippen LogP contribution in [0.15, 0.2) is 84.9 Å². The highest BCUT2D eigenvalue weighted by Crippen LogP contribution is 2.56. The van der Waals surface area contributed by atoms with Crippen molar-refractivity contribution in [2.24, 2.45) is 0 Å². The Morgan fingerprint density at radius 1 is 0.353 bits per heavy atom. The molecule has 0 fully saturated rings. The Labute approximate surface area is 432 Å². The van der Waals surface area contributed by atoms with Crippen molar-refractivity contribution >= 4 is 56.7 Å². The lowest BCUT2D eigenvalue weighted by molar-refractivity contribution is 0.398. The first-order valence-corrected chi connectivity index (χ1v) is 31.2. The molecule has 68 heavy (non-hydrogen) atoms. The van der Waals surface area contributed by atoms with E-state index >= 15 is 0 Å². The Balaban J connectivity index is 1.11. The quantitative estimate of drug-likeness (QED) is 0.0410. The molecule has 8 rings (SSSR count). The van der Waals surface area contributed by atoms with Crippen LogP contribution in [-0.2, 0) is 18.3 Å². The summed E-state index contributed by atoms with van der Waals surface area (Å²) in [5.41, 5.74) is 12.4.